The van der Waals surface area contributed by atoms with Gasteiger partial charge in [0.15, 0.2) is 0 Å². The van der Waals surface area contributed by atoms with E-state index in [2.05, 4.69) is 36.7 Å². The topological polar surface area (TPSA) is 37.3 Å². The van der Waals surface area contributed by atoms with Gasteiger partial charge in [-0.25, -0.2) is 0 Å². The molecular weight excluding hydrogens is 388 g/mol. The van der Waals surface area contributed by atoms with Crippen molar-refractivity contribution in [3.8, 4) is 0 Å². The number of aliphatic hydroxyl groups is 1. The predicted octanol–water partition coefficient (Wildman–Crippen LogP) is 6.00. The Morgan fingerprint density at radius 1 is 1.15 bits per heavy atom. The van der Waals surface area contributed by atoms with Crippen molar-refractivity contribution in [3.05, 3.63) is 0 Å². The number of ketones is 1. The molecule has 0 amide bonds. The average molecular weight is 427 g/mol. The third kappa shape index (κ3) is 3.69. The molecule has 0 saturated heterocycles. The van der Waals surface area contributed by atoms with E-state index in [1.165, 1.54) is 38.5 Å². The van der Waals surface area contributed by atoms with Gasteiger partial charge in [-0.05, 0) is 86.9 Å². The molecule has 3 rings (SSSR count). The molecule has 3 saturated carbocycles. The molecule has 26 heavy (non-hydrogen) atoms. The number of alkyl halides is 1. The molecule has 0 aliphatic heterocycles. The van der Waals surface area contributed by atoms with Crippen molar-refractivity contribution >= 4 is 21.7 Å². The number of halogens is 1. The summed E-state index contributed by atoms with van der Waals surface area (Å²) in [5.74, 6) is 4.43. The number of carbonyl (C=O) groups excluding carboxylic acids is 1. The zero-order chi connectivity index (χ0) is 19.1. The van der Waals surface area contributed by atoms with E-state index in [4.69, 9.17) is 0 Å². The Hall–Kier alpha value is 0.110. The second kappa shape index (κ2) is 7.85. The Morgan fingerprint density at radius 2 is 1.81 bits per heavy atom. The number of Topliss-reactive ketones (excluding diaryl/α,β-unsaturated/α-hetero) is 1. The van der Waals surface area contributed by atoms with Crippen LogP contribution < -0.4 is 0 Å². The molecule has 3 heteroatoms. The molecule has 3 aliphatic rings. The first kappa shape index (κ1) is 20.8. The van der Waals surface area contributed by atoms with Crippen molar-refractivity contribution in [1.29, 1.82) is 0 Å². The molecule has 0 bridgehead atoms. The predicted molar refractivity (Wildman–Crippen MR) is 111 cm³/mol. The molecule has 0 aromatic rings. The van der Waals surface area contributed by atoms with Gasteiger partial charge in [-0.3, -0.25) is 4.79 Å². The van der Waals surface area contributed by atoms with Crippen LogP contribution in [0.3, 0.4) is 0 Å². The quantitative estimate of drug-likeness (QED) is 0.547. The van der Waals surface area contributed by atoms with Crippen LogP contribution in [0.2, 0.25) is 0 Å². The van der Waals surface area contributed by atoms with E-state index >= 15 is 0 Å². The SMILES string of the molecule is CCC[C@H]1[C@@H]2[C@H](C)C[C@H](C(=O)CBr)[C@@]2(C)CC[C@@H]1[C@H]1CC[C@@](C)(O)CC1. The molecule has 0 heterocycles. The summed E-state index contributed by atoms with van der Waals surface area (Å²) >= 11 is 3.44. The van der Waals surface area contributed by atoms with Crippen LogP contribution in [0, 0.1) is 40.9 Å². The molecule has 0 aromatic carbocycles. The summed E-state index contributed by atoms with van der Waals surface area (Å²) < 4.78 is 0. The molecule has 0 radical (unpaired) electrons. The van der Waals surface area contributed by atoms with Gasteiger partial charge >= 0.3 is 0 Å². The van der Waals surface area contributed by atoms with E-state index in [-0.39, 0.29) is 11.3 Å². The van der Waals surface area contributed by atoms with Crippen molar-refractivity contribution in [1.82, 2.24) is 0 Å². The third-order valence-electron chi connectivity index (χ3n) is 8.66. The summed E-state index contributed by atoms with van der Waals surface area (Å²) in [6.07, 6.45) is 10.5. The monoisotopic (exact) mass is 426 g/mol. The first-order chi connectivity index (χ1) is 12.2. The molecule has 3 aliphatic carbocycles. The van der Waals surface area contributed by atoms with Gasteiger partial charge < -0.3 is 5.11 Å². The fourth-order valence-electron chi connectivity index (χ4n) is 7.47. The molecule has 2 nitrogen and oxygen atoms in total. The van der Waals surface area contributed by atoms with Gasteiger partial charge in [-0.15, -0.1) is 0 Å². The summed E-state index contributed by atoms with van der Waals surface area (Å²) in [6.45, 7) is 9.20. The van der Waals surface area contributed by atoms with Crippen LogP contribution in [0.5, 0.6) is 0 Å². The van der Waals surface area contributed by atoms with E-state index in [9.17, 15) is 9.90 Å². The van der Waals surface area contributed by atoms with Crippen LogP contribution in [-0.2, 0) is 4.79 Å². The van der Waals surface area contributed by atoms with Crippen LogP contribution in [0.15, 0.2) is 0 Å². The number of fused-ring (bicyclic) bond motifs is 1. The number of hydrogen-bond donors (Lipinski definition) is 1. The molecule has 3 fully saturated rings. The lowest BCUT2D eigenvalue weighted by Gasteiger charge is -2.52. The van der Waals surface area contributed by atoms with Crippen molar-refractivity contribution < 1.29 is 9.90 Å². The van der Waals surface area contributed by atoms with E-state index < -0.39 is 5.60 Å². The fourth-order valence-corrected chi connectivity index (χ4v) is 7.87. The maximum Gasteiger partial charge on any atom is 0.147 e. The maximum atomic E-state index is 12.7. The van der Waals surface area contributed by atoms with Crippen LogP contribution in [0.25, 0.3) is 0 Å². The first-order valence-electron chi connectivity index (χ1n) is 11.0. The largest absolute Gasteiger partial charge is 0.390 e. The lowest BCUT2D eigenvalue weighted by molar-refractivity contribution is -0.126. The molecule has 0 spiro atoms. The highest BCUT2D eigenvalue weighted by Crippen LogP contribution is 2.64. The fraction of sp³-hybridized carbons (Fsp3) is 0.957. The normalized spacial score (nSPS) is 49.0. The summed E-state index contributed by atoms with van der Waals surface area (Å²) in [5, 5.41) is 10.9. The number of carbonyl (C=O) groups is 1. The van der Waals surface area contributed by atoms with Crippen LogP contribution >= 0.6 is 15.9 Å². The molecule has 6 atom stereocenters. The second-order valence-corrected chi connectivity index (χ2v) is 10.9. The van der Waals surface area contributed by atoms with E-state index in [1.54, 1.807) is 0 Å². The highest BCUT2D eigenvalue weighted by Gasteiger charge is 2.58. The molecule has 150 valence electrons. The molecular formula is C23H39BrO2. The van der Waals surface area contributed by atoms with E-state index in [0.717, 1.165) is 37.0 Å². The molecule has 0 aromatic heterocycles. The van der Waals surface area contributed by atoms with Crippen molar-refractivity contribution in [3.63, 3.8) is 0 Å². The Labute approximate surface area is 169 Å². The highest BCUT2D eigenvalue weighted by molar-refractivity contribution is 9.09. The van der Waals surface area contributed by atoms with Gasteiger partial charge in [0.25, 0.3) is 0 Å². The Morgan fingerprint density at radius 3 is 2.38 bits per heavy atom. The van der Waals surface area contributed by atoms with Crippen LogP contribution in [0.1, 0.15) is 85.5 Å². The van der Waals surface area contributed by atoms with Gasteiger partial charge in [0.05, 0.1) is 10.9 Å². The smallest absolute Gasteiger partial charge is 0.147 e. The minimum Gasteiger partial charge on any atom is -0.390 e. The van der Waals surface area contributed by atoms with E-state index in [0.29, 0.717) is 22.9 Å². The highest BCUT2D eigenvalue weighted by atomic mass is 79.9. The van der Waals surface area contributed by atoms with Crippen molar-refractivity contribution in [2.45, 2.75) is 91.1 Å². The average Bonchev–Trinajstić information content (AvgIpc) is 2.87. The lowest BCUT2D eigenvalue weighted by Crippen LogP contribution is -2.47. The second-order valence-electron chi connectivity index (χ2n) is 10.4. The Kier molecular flexibility index (Phi) is 6.29. The van der Waals surface area contributed by atoms with Gasteiger partial charge in [-0.1, -0.05) is 49.5 Å². The van der Waals surface area contributed by atoms with Crippen molar-refractivity contribution in [2.24, 2.45) is 40.9 Å². The third-order valence-corrected chi connectivity index (χ3v) is 9.21. The lowest BCUT2D eigenvalue weighted by atomic mass is 9.52. The van der Waals surface area contributed by atoms with Gasteiger partial charge in [0.2, 0.25) is 0 Å². The van der Waals surface area contributed by atoms with Gasteiger partial charge in [0.1, 0.15) is 5.78 Å². The standard InChI is InChI=1S/C23H39BrO2/c1-5-6-18-17(16-7-10-22(3,26)11-8-16)9-12-23(4)19(20(25)14-24)13-15(2)21(18)23/h15-19,21,26H,5-14H2,1-4H3/t15-,16-,17-,18-,19-,21+,22+,23-/m1/s1. The minimum atomic E-state index is -0.437. The van der Waals surface area contributed by atoms with Gasteiger partial charge in [0, 0.05) is 5.92 Å². The Bertz CT molecular complexity index is 506. The Balaban J connectivity index is 1.83. The summed E-state index contributed by atoms with van der Waals surface area (Å²) in [4.78, 5) is 12.7. The molecule has 0 unspecified atom stereocenters. The summed E-state index contributed by atoms with van der Waals surface area (Å²) in [5.41, 5.74) is -0.227. The summed E-state index contributed by atoms with van der Waals surface area (Å²) in [7, 11) is 0. The summed E-state index contributed by atoms with van der Waals surface area (Å²) in [6, 6.07) is 0. The van der Waals surface area contributed by atoms with E-state index in [1.807, 2.05) is 6.92 Å². The number of rotatable bonds is 5. The zero-order valence-electron chi connectivity index (χ0n) is 17.3. The van der Waals surface area contributed by atoms with Gasteiger partial charge in [-0.2, -0.15) is 0 Å². The van der Waals surface area contributed by atoms with Crippen LogP contribution in [0.4, 0.5) is 0 Å². The minimum absolute atomic E-state index is 0.209. The first-order valence-corrected chi connectivity index (χ1v) is 12.2. The maximum absolute atomic E-state index is 12.7. The number of hydrogen-bond acceptors (Lipinski definition) is 2. The molecule has 1 N–H and O–H groups in total. The zero-order valence-corrected chi connectivity index (χ0v) is 18.9. The van der Waals surface area contributed by atoms with Crippen LogP contribution in [-0.4, -0.2) is 21.8 Å². The van der Waals surface area contributed by atoms with Crippen molar-refractivity contribution in [2.75, 3.05) is 5.33 Å².